The van der Waals surface area contributed by atoms with Crippen molar-refractivity contribution in [3.63, 3.8) is 0 Å². The van der Waals surface area contributed by atoms with Gasteiger partial charge in [0.1, 0.15) is 23.6 Å². The van der Waals surface area contributed by atoms with Crippen molar-refractivity contribution in [1.82, 2.24) is 9.97 Å². The highest BCUT2D eigenvalue weighted by Gasteiger charge is 2.11. The van der Waals surface area contributed by atoms with Crippen molar-refractivity contribution in [1.29, 1.82) is 0 Å². The van der Waals surface area contributed by atoms with E-state index in [1.807, 2.05) is 0 Å². The third kappa shape index (κ3) is 1.29. The third-order valence-electron chi connectivity index (χ3n) is 2.32. The van der Waals surface area contributed by atoms with E-state index in [4.69, 9.17) is 4.42 Å². The normalized spacial score (nSPS) is 11.1. The van der Waals surface area contributed by atoms with Crippen LogP contribution in [-0.2, 0) is 0 Å². The van der Waals surface area contributed by atoms with Gasteiger partial charge < -0.3 is 9.40 Å². The Morgan fingerprint density at radius 3 is 2.81 bits per heavy atom. The van der Waals surface area contributed by atoms with Gasteiger partial charge in [-0.05, 0) is 12.1 Å². The van der Waals surface area contributed by atoms with E-state index in [0.29, 0.717) is 22.5 Å². The lowest BCUT2D eigenvalue weighted by atomic mass is 10.2. The van der Waals surface area contributed by atoms with Crippen LogP contribution in [-0.4, -0.2) is 9.97 Å². The molecule has 16 heavy (non-hydrogen) atoms. The Kier molecular flexibility index (Phi) is 1.80. The number of hydrogen-bond donors (Lipinski definition) is 1. The molecule has 2 aromatic heterocycles. The van der Waals surface area contributed by atoms with Crippen LogP contribution < -0.4 is 0 Å². The van der Waals surface area contributed by atoms with Crippen molar-refractivity contribution in [2.24, 2.45) is 0 Å². The Hall–Kier alpha value is -2.17. The summed E-state index contributed by atoms with van der Waals surface area (Å²) < 4.78 is 31.4. The summed E-state index contributed by atoms with van der Waals surface area (Å²) in [5.41, 5.74) is 0.898. The first-order valence-corrected chi connectivity index (χ1v) is 4.61. The topological polar surface area (TPSA) is 41.8 Å². The van der Waals surface area contributed by atoms with Gasteiger partial charge in [0.2, 0.25) is 5.89 Å². The molecule has 80 valence electrons. The van der Waals surface area contributed by atoms with Gasteiger partial charge in [-0.3, -0.25) is 0 Å². The Labute approximate surface area is 88.7 Å². The molecule has 0 bridgehead atoms. The zero-order chi connectivity index (χ0) is 11.1. The maximum atomic E-state index is 13.4. The third-order valence-corrected chi connectivity index (χ3v) is 2.32. The number of halogens is 2. The van der Waals surface area contributed by atoms with Crippen LogP contribution in [0.15, 0.2) is 35.1 Å². The van der Waals surface area contributed by atoms with Gasteiger partial charge >= 0.3 is 0 Å². The summed E-state index contributed by atoms with van der Waals surface area (Å²) >= 11 is 0. The number of fused-ring (bicyclic) bond motifs is 1. The molecule has 3 rings (SSSR count). The summed E-state index contributed by atoms with van der Waals surface area (Å²) in [4.78, 5) is 6.76. The number of H-pyrrole nitrogens is 1. The SMILES string of the molecule is Fc1cc(F)c2cc(-c3ncco3)[nH]c2c1. The van der Waals surface area contributed by atoms with Crippen LogP contribution in [0.2, 0.25) is 0 Å². The van der Waals surface area contributed by atoms with Crippen molar-refractivity contribution in [2.45, 2.75) is 0 Å². The van der Waals surface area contributed by atoms with Gasteiger partial charge in [0.05, 0.1) is 11.7 Å². The van der Waals surface area contributed by atoms with Crippen molar-refractivity contribution in [3.05, 3.63) is 42.3 Å². The zero-order valence-corrected chi connectivity index (χ0v) is 8.00. The molecule has 0 radical (unpaired) electrons. The molecule has 0 aliphatic carbocycles. The molecule has 0 aliphatic rings. The van der Waals surface area contributed by atoms with Crippen LogP contribution in [0.1, 0.15) is 0 Å². The highest BCUT2D eigenvalue weighted by molar-refractivity contribution is 5.85. The van der Waals surface area contributed by atoms with Gasteiger partial charge in [0, 0.05) is 11.5 Å². The number of hydrogen-bond acceptors (Lipinski definition) is 2. The van der Waals surface area contributed by atoms with Crippen LogP contribution >= 0.6 is 0 Å². The van der Waals surface area contributed by atoms with Crippen molar-refractivity contribution in [2.75, 3.05) is 0 Å². The predicted molar refractivity (Wildman–Crippen MR) is 53.7 cm³/mol. The number of rotatable bonds is 1. The summed E-state index contributed by atoms with van der Waals surface area (Å²) in [5.74, 6) is -0.883. The molecule has 0 aliphatic heterocycles. The van der Waals surface area contributed by atoms with Crippen LogP contribution in [0, 0.1) is 11.6 Å². The highest BCUT2D eigenvalue weighted by atomic mass is 19.1. The molecular weight excluding hydrogens is 214 g/mol. The summed E-state index contributed by atoms with van der Waals surface area (Å²) in [6.45, 7) is 0. The lowest BCUT2D eigenvalue weighted by Gasteiger charge is -1.91. The van der Waals surface area contributed by atoms with Crippen molar-refractivity contribution >= 4 is 10.9 Å². The van der Waals surface area contributed by atoms with E-state index in [9.17, 15) is 8.78 Å². The summed E-state index contributed by atoms with van der Waals surface area (Å²) in [5, 5.41) is 0.314. The minimum atomic E-state index is -0.620. The maximum absolute atomic E-state index is 13.4. The Morgan fingerprint density at radius 2 is 2.06 bits per heavy atom. The monoisotopic (exact) mass is 220 g/mol. The fraction of sp³-hybridized carbons (Fsp3) is 0. The van der Waals surface area contributed by atoms with Gasteiger partial charge in [-0.25, -0.2) is 13.8 Å². The Balaban J connectivity index is 2.27. The summed E-state index contributed by atoms with van der Waals surface area (Å²) in [6, 6.07) is 3.61. The van der Waals surface area contributed by atoms with E-state index in [1.54, 1.807) is 0 Å². The maximum Gasteiger partial charge on any atom is 0.242 e. The lowest BCUT2D eigenvalue weighted by Crippen LogP contribution is -1.79. The first-order valence-electron chi connectivity index (χ1n) is 4.61. The fourth-order valence-corrected chi connectivity index (χ4v) is 1.63. The van der Waals surface area contributed by atoms with E-state index in [1.165, 1.54) is 24.6 Å². The first kappa shape index (κ1) is 9.08. The second-order valence-electron chi connectivity index (χ2n) is 3.37. The van der Waals surface area contributed by atoms with Crippen molar-refractivity contribution < 1.29 is 13.2 Å². The smallest absolute Gasteiger partial charge is 0.242 e. The number of aromatic amines is 1. The highest BCUT2D eigenvalue weighted by Crippen LogP contribution is 2.25. The van der Waals surface area contributed by atoms with Gasteiger partial charge in [0.25, 0.3) is 0 Å². The standard InChI is InChI=1S/C11H6F2N2O/c12-6-3-8(13)7-5-10(15-9(7)4-6)11-14-1-2-16-11/h1-5,15H. The lowest BCUT2D eigenvalue weighted by molar-refractivity contribution is 0.572. The molecule has 2 heterocycles. The van der Waals surface area contributed by atoms with Gasteiger partial charge in [-0.2, -0.15) is 0 Å². The molecule has 0 spiro atoms. The number of oxazole rings is 1. The second kappa shape index (κ2) is 3.16. The Bertz CT molecular complexity index is 643. The average molecular weight is 220 g/mol. The molecule has 0 unspecified atom stereocenters. The minimum absolute atomic E-state index is 0.314. The van der Waals surface area contributed by atoms with E-state index >= 15 is 0 Å². The fourth-order valence-electron chi connectivity index (χ4n) is 1.63. The second-order valence-corrected chi connectivity index (χ2v) is 3.37. The number of nitrogens with one attached hydrogen (secondary N) is 1. The Morgan fingerprint density at radius 1 is 1.19 bits per heavy atom. The van der Waals surface area contributed by atoms with Crippen LogP contribution in [0.3, 0.4) is 0 Å². The largest absolute Gasteiger partial charge is 0.443 e. The van der Waals surface area contributed by atoms with Crippen molar-refractivity contribution in [3.8, 4) is 11.6 Å². The molecular formula is C11H6F2N2O. The number of nitrogens with zero attached hydrogens (tertiary/aromatic N) is 1. The van der Waals surface area contributed by atoms with Crippen LogP contribution in [0.4, 0.5) is 8.78 Å². The van der Waals surface area contributed by atoms with E-state index < -0.39 is 11.6 Å². The molecule has 0 saturated carbocycles. The molecule has 0 fully saturated rings. The molecule has 3 aromatic rings. The van der Waals surface area contributed by atoms with E-state index in [2.05, 4.69) is 9.97 Å². The van der Waals surface area contributed by atoms with Crippen LogP contribution in [0.5, 0.6) is 0 Å². The van der Waals surface area contributed by atoms with E-state index in [0.717, 1.165) is 6.07 Å². The number of benzene rings is 1. The van der Waals surface area contributed by atoms with Crippen LogP contribution in [0.25, 0.3) is 22.5 Å². The molecule has 1 aromatic carbocycles. The molecule has 5 heteroatoms. The van der Waals surface area contributed by atoms with Gasteiger partial charge in [-0.1, -0.05) is 0 Å². The summed E-state index contributed by atoms with van der Waals surface area (Å²) in [6.07, 6.45) is 2.90. The molecule has 1 N–H and O–H groups in total. The molecule has 3 nitrogen and oxygen atoms in total. The quantitative estimate of drug-likeness (QED) is 0.684. The first-order chi connectivity index (χ1) is 7.74. The summed E-state index contributed by atoms with van der Waals surface area (Å²) in [7, 11) is 0. The number of aromatic nitrogens is 2. The van der Waals surface area contributed by atoms with E-state index in [-0.39, 0.29) is 0 Å². The van der Waals surface area contributed by atoms with Gasteiger partial charge in [0.15, 0.2) is 0 Å². The molecule has 0 saturated heterocycles. The molecule has 0 atom stereocenters. The molecule has 0 amide bonds. The average Bonchev–Trinajstić information content (AvgIpc) is 2.82. The zero-order valence-electron chi connectivity index (χ0n) is 8.00. The minimum Gasteiger partial charge on any atom is -0.443 e. The predicted octanol–water partition coefficient (Wildman–Crippen LogP) is 3.10. The van der Waals surface area contributed by atoms with Gasteiger partial charge in [-0.15, -0.1) is 0 Å².